The summed E-state index contributed by atoms with van der Waals surface area (Å²) in [5, 5.41) is 3.69. The molecule has 1 saturated heterocycles. The number of amides is 3. The van der Waals surface area contributed by atoms with Crippen LogP contribution in [0.25, 0.3) is 17.0 Å². The normalized spacial score (nSPS) is 15.8. The number of benzene rings is 2. The third kappa shape index (κ3) is 3.18. The zero-order valence-electron chi connectivity index (χ0n) is 13.7. The van der Waals surface area contributed by atoms with Gasteiger partial charge in [0.15, 0.2) is 5.82 Å². The molecule has 1 aliphatic heterocycles. The van der Waals surface area contributed by atoms with Crippen molar-refractivity contribution in [3.8, 4) is 0 Å². The minimum atomic E-state index is -0.565. The first-order valence-corrected chi connectivity index (χ1v) is 8.73. The summed E-state index contributed by atoms with van der Waals surface area (Å²) in [6.45, 7) is 0.122. The summed E-state index contributed by atoms with van der Waals surface area (Å²) >= 11 is 11.6. The molecule has 3 amide bonds. The van der Waals surface area contributed by atoms with Gasteiger partial charge in [-0.05, 0) is 29.8 Å². The van der Waals surface area contributed by atoms with Crippen molar-refractivity contribution in [1.82, 2.24) is 15.2 Å². The summed E-state index contributed by atoms with van der Waals surface area (Å²) in [6.07, 6.45) is 3.06. The second kappa shape index (κ2) is 6.72. The minimum Gasteiger partial charge on any atom is -0.358 e. The number of fused-ring (bicyclic) bond motifs is 1. The van der Waals surface area contributed by atoms with Gasteiger partial charge in [0.25, 0.3) is 5.91 Å². The largest absolute Gasteiger partial charge is 0.358 e. The van der Waals surface area contributed by atoms with Crippen LogP contribution in [0.4, 0.5) is 9.18 Å². The molecule has 1 fully saturated rings. The van der Waals surface area contributed by atoms with Gasteiger partial charge in [-0.25, -0.2) is 9.18 Å². The maximum Gasteiger partial charge on any atom is 0.329 e. The average Bonchev–Trinajstić information content (AvgIpc) is 3.17. The summed E-state index contributed by atoms with van der Waals surface area (Å²) in [5.41, 5.74) is 1.69. The van der Waals surface area contributed by atoms with Crippen LogP contribution < -0.4 is 5.32 Å². The Labute approximate surface area is 163 Å². The molecular weight excluding hydrogens is 392 g/mol. The molecule has 27 heavy (non-hydrogen) atoms. The Kier molecular flexibility index (Phi) is 4.37. The van der Waals surface area contributed by atoms with Gasteiger partial charge in [-0.2, -0.15) is 0 Å². The zero-order valence-corrected chi connectivity index (χ0v) is 15.2. The third-order valence-electron chi connectivity index (χ3n) is 4.29. The maximum atomic E-state index is 14.1. The Morgan fingerprint density at radius 2 is 1.81 bits per heavy atom. The number of urea groups is 1. The molecule has 2 aromatic carbocycles. The lowest BCUT2D eigenvalue weighted by Crippen LogP contribution is -2.30. The van der Waals surface area contributed by atoms with Crippen LogP contribution in [-0.4, -0.2) is 21.8 Å². The van der Waals surface area contributed by atoms with Gasteiger partial charge in [-0.15, -0.1) is 0 Å². The molecule has 0 aliphatic carbocycles. The van der Waals surface area contributed by atoms with Crippen molar-refractivity contribution < 1.29 is 14.0 Å². The van der Waals surface area contributed by atoms with Gasteiger partial charge >= 0.3 is 6.03 Å². The van der Waals surface area contributed by atoms with Gasteiger partial charge < -0.3 is 10.3 Å². The van der Waals surface area contributed by atoms with E-state index in [4.69, 9.17) is 23.2 Å². The molecule has 5 nitrogen and oxygen atoms in total. The number of hydrogen-bond acceptors (Lipinski definition) is 2. The van der Waals surface area contributed by atoms with Crippen molar-refractivity contribution in [3.05, 3.63) is 75.3 Å². The standard InChI is InChI=1S/C19H12Cl2FN3O2/c20-12-3-1-10(2-4-12)9-25-18(26)15(24-19(25)27)7-11-8-23-17-13(11)5-6-14(21)16(17)22/h1-8,23H,9H2,(H,24,27). The molecule has 0 spiro atoms. The van der Waals surface area contributed by atoms with E-state index in [1.165, 1.54) is 12.1 Å². The molecule has 0 bridgehead atoms. The summed E-state index contributed by atoms with van der Waals surface area (Å²) < 4.78 is 14.1. The lowest BCUT2D eigenvalue weighted by atomic mass is 10.1. The van der Waals surface area contributed by atoms with Crippen molar-refractivity contribution in [3.63, 3.8) is 0 Å². The first-order valence-electron chi connectivity index (χ1n) is 7.98. The number of nitrogens with one attached hydrogen (secondary N) is 2. The highest BCUT2D eigenvalue weighted by molar-refractivity contribution is 6.31. The highest BCUT2D eigenvalue weighted by atomic mass is 35.5. The fraction of sp³-hybridized carbons (Fsp3) is 0.0526. The lowest BCUT2D eigenvalue weighted by Gasteiger charge is -2.11. The highest BCUT2D eigenvalue weighted by Crippen LogP contribution is 2.28. The van der Waals surface area contributed by atoms with Crippen molar-refractivity contribution in [2.45, 2.75) is 6.54 Å². The van der Waals surface area contributed by atoms with Crippen LogP contribution in [0.3, 0.4) is 0 Å². The number of hydrogen-bond donors (Lipinski definition) is 2. The predicted octanol–water partition coefficient (Wildman–Crippen LogP) is 4.71. The fourth-order valence-electron chi connectivity index (χ4n) is 2.92. The molecule has 1 aromatic heterocycles. The summed E-state index contributed by atoms with van der Waals surface area (Å²) in [4.78, 5) is 28.7. The number of aromatic nitrogens is 1. The molecule has 3 aromatic rings. The third-order valence-corrected chi connectivity index (χ3v) is 4.84. The molecule has 2 heterocycles. The highest BCUT2D eigenvalue weighted by Gasteiger charge is 2.33. The van der Waals surface area contributed by atoms with Gasteiger partial charge in [0.2, 0.25) is 0 Å². The molecule has 1 aliphatic rings. The Balaban J connectivity index is 1.63. The molecule has 8 heteroatoms. The van der Waals surface area contributed by atoms with E-state index in [-0.39, 0.29) is 22.8 Å². The predicted molar refractivity (Wildman–Crippen MR) is 102 cm³/mol. The Morgan fingerprint density at radius 3 is 2.56 bits per heavy atom. The van der Waals surface area contributed by atoms with Gasteiger partial charge in [-0.1, -0.05) is 41.4 Å². The topological polar surface area (TPSA) is 65.2 Å². The van der Waals surface area contributed by atoms with E-state index in [2.05, 4.69) is 10.3 Å². The van der Waals surface area contributed by atoms with E-state index in [9.17, 15) is 14.0 Å². The second-order valence-electron chi connectivity index (χ2n) is 6.03. The number of carbonyl (C=O) groups excluding carboxylic acids is 2. The zero-order chi connectivity index (χ0) is 19.1. The number of rotatable bonds is 3. The molecule has 4 rings (SSSR count). The number of nitrogens with zero attached hydrogens (tertiary/aromatic N) is 1. The van der Waals surface area contributed by atoms with Gasteiger partial charge in [0.05, 0.1) is 17.1 Å². The van der Waals surface area contributed by atoms with Crippen LogP contribution in [-0.2, 0) is 11.3 Å². The van der Waals surface area contributed by atoms with Gasteiger partial charge in [0, 0.05) is 22.2 Å². The van der Waals surface area contributed by atoms with Crippen molar-refractivity contribution >= 4 is 52.1 Å². The molecular formula is C19H12Cl2FN3O2. The maximum absolute atomic E-state index is 14.1. The number of carbonyl (C=O) groups is 2. The number of imide groups is 1. The first-order chi connectivity index (χ1) is 12.9. The van der Waals surface area contributed by atoms with E-state index < -0.39 is 17.8 Å². The molecule has 136 valence electrons. The monoisotopic (exact) mass is 403 g/mol. The number of aromatic amines is 1. The van der Waals surface area contributed by atoms with E-state index in [0.29, 0.717) is 16.0 Å². The number of H-pyrrole nitrogens is 1. The van der Waals surface area contributed by atoms with Gasteiger partial charge in [0.1, 0.15) is 5.70 Å². The molecule has 2 N–H and O–H groups in total. The first kappa shape index (κ1) is 17.6. The SMILES string of the molecule is O=C1NC(=Cc2c[nH]c3c(F)c(Cl)ccc23)C(=O)N1Cc1ccc(Cl)cc1. The quantitative estimate of drug-likeness (QED) is 0.491. The van der Waals surface area contributed by atoms with E-state index >= 15 is 0 Å². The Bertz CT molecular complexity index is 1110. The summed E-state index contributed by atoms with van der Waals surface area (Å²) in [7, 11) is 0. The van der Waals surface area contributed by atoms with Crippen LogP contribution in [0.5, 0.6) is 0 Å². The van der Waals surface area contributed by atoms with Crippen LogP contribution in [0.2, 0.25) is 10.0 Å². The molecule has 0 radical (unpaired) electrons. The van der Waals surface area contributed by atoms with Crippen molar-refractivity contribution in [2.24, 2.45) is 0 Å². The van der Waals surface area contributed by atoms with Gasteiger partial charge in [-0.3, -0.25) is 9.69 Å². The molecule has 0 unspecified atom stereocenters. The average molecular weight is 404 g/mol. The molecule has 0 atom stereocenters. The fourth-order valence-corrected chi connectivity index (χ4v) is 3.21. The van der Waals surface area contributed by atoms with Crippen LogP contribution in [0.1, 0.15) is 11.1 Å². The summed E-state index contributed by atoms with van der Waals surface area (Å²) in [5.74, 6) is -1.02. The molecule has 0 saturated carbocycles. The summed E-state index contributed by atoms with van der Waals surface area (Å²) in [6, 6.07) is 9.45. The number of halogens is 3. The lowest BCUT2D eigenvalue weighted by molar-refractivity contribution is -0.123. The van der Waals surface area contributed by atoms with E-state index in [0.717, 1.165) is 10.5 Å². The van der Waals surface area contributed by atoms with Crippen molar-refractivity contribution in [1.29, 1.82) is 0 Å². The smallest absolute Gasteiger partial charge is 0.329 e. The Hall–Kier alpha value is -2.83. The van der Waals surface area contributed by atoms with Crippen LogP contribution in [0, 0.1) is 5.82 Å². The van der Waals surface area contributed by atoms with E-state index in [1.807, 2.05) is 0 Å². The van der Waals surface area contributed by atoms with E-state index in [1.54, 1.807) is 36.5 Å². The van der Waals surface area contributed by atoms with Crippen LogP contribution >= 0.6 is 23.2 Å². The van der Waals surface area contributed by atoms with Crippen LogP contribution in [0.15, 0.2) is 48.3 Å². The second-order valence-corrected chi connectivity index (χ2v) is 6.88. The van der Waals surface area contributed by atoms with Crippen molar-refractivity contribution in [2.75, 3.05) is 0 Å². The Morgan fingerprint density at radius 1 is 1.07 bits per heavy atom. The minimum absolute atomic E-state index is 0.00272.